The number of hydrogen-bond acceptors (Lipinski definition) is 7. The average Bonchev–Trinajstić information content (AvgIpc) is 3.86. The van der Waals surface area contributed by atoms with Crippen molar-refractivity contribution in [1.82, 2.24) is 0 Å². The van der Waals surface area contributed by atoms with E-state index in [0.29, 0.717) is 44.2 Å². The van der Waals surface area contributed by atoms with E-state index in [1.54, 1.807) is 41.8 Å². The van der Waals surface area contributed by atoms with E-state index >= 15 is 0 Å². The first kappa shape index (κ1) is 49.1. The fraction of sp³-hybridized carbons (Fsp3) is 0.720. The maximum Gasteiger partial charge on any atom is 0.351 e. The molecule has 1 radical (unpaired) electrons. The molecule has 333 valence electrons. The number of aromatic hydroxyl groups is 1. The van der Waals surface area contributed by atoms with Gasteiger partial charge in [-0.1, -0.05) is 134 Å². The molecule has 0 amide bonds. The van der Waals surface area contributed by atoms with Gasteiger partial charge >= 0.3 is 5.63 Å². The monoisotopic (exact) mass is 1020 g/mol. The molecule has 9 rings (SSSR count). The normalized spacial score (nSPS) is 22.5. The summed E-state index contributed by atoms with van der Waals surface area (Å²) >= 11 is 1.21. The van der Waals surface area contributed by atoms with E-state index in [9.17, 15) is 23.8 Å². The second-order valence-electron chi connectivity index (χ2n) is 19.2. The average molecular weight is 1020 g/mol. The molecule has 6 aliphatic carbocycles. The SMILES string of the molecule is O=C(c1cccs1)c1c(O)c2ccccc2oc1=O.O=P(C1CCCCC1)(C1CCCCC1)C1CCCCC1.O=P(C1CCCCC1)(C1CCCCC1)C1CCCCC1.[Eu]. The molecule has 0 aliphatic heterocycles. The second-order valence-corrected chi connectivity index (χ2v) is 27.6. The van der Waals surface area contributed by atoms with Crippen LogP contribution in [0.3, 0.4) is 0 Å². The van der Waals surface area contributed by atoms with Crippen molar-refractivity contribution in [1.29, 1.82) is 0 Å². The van der Waals surface area contributed by atoms with Gasteiger partial charge in [0.25, 0.3) is 0 Å². The molecule has 6 aliphatic rings. The molecule has 60 heavy (non-hydrogen) atoms. The molecule has 0 atom stereocenters. The summed E-state index contributed by atoms with van der Waals surface area (Å²) in [5.74, 6) is -0.850. The molecule has 0 bridgehead atoms. The van der Waals surface area contributed by atoms with E-state index < -0.39 is 25.7 Å². The molecule has 0 spiro atoms. The van der Waals surface area contributed by atoms with Gasteiger partial charge in [0.05, 0.1) is 24.5 Å². The summed E-state index contributed by atoms with van der Waals surface area (Å²) in [6.07, 6.45) is 40.2. The molecule has 0 saturated heterocycles. The molecule has 6 nitrogen and oxygen atoms in total. The first-order valence-corrected chi connectivity index (χ1v) is 29.0. The zero-order valence-corrected chi connectivity index (χ0v) is 41.4. The number of benzene rings is 1. The van der Waals surface area contributed by atoms with Gasteiger partial charge in [0.1, 0.15) is 11.3 Å². The van der Waals surface area contributed by atoms with Gasteiger partial charge in [-0.15, -0.1) is 11.3 Å². The molecule has 1 aromatic carbocycles. The van der Waals surface area contributed by atoms with E-state index in [2.05, 4.69) is 0 Å². The Kier molecular flexibility index (Phi) is 19.8. The van der Waals surface area contributed by atoms with Gasteiger partial charge in [-0.05, 0) is 101 Å². The van der Waals surface area contributed by atoms with Crippen LogP contribution >= 0.6 is 25.6 Å². The van der Waals surface area contributed by atoms with Gasteiger partial charge in [-0.3, -0.25) is 4.79 Å². The molecule has 6 saturated carbocycles. The van der Waals surface area contributed by atoms with Crippen molar-refractivity contribution in [3.8, 4) is 5.75 Å². The Morgan fingerprint density at radius 1 is 0.517 bits per heavy atom. The van der Waals surface area contributed by atoms with Crippen molar-refractivity contribution < 1.29 is 72.8 Å². The predicted octanol–water partition coefficient (Wildman–Crippen LogP) is 15.5. The fourth-order valence-electron chi connectivity index (χ4n) is 12.6. The summed E-state index contributed by atoms with van der Waals surface area (Å²) in [7, 11) is -3.89. The van der Waals surface area contributed by atoms with Gasteiger partial charge in [-0.25, -0.2) is 4.79 Å². The number of carbonyl (C=O) groups is 1. The number of rotatable bonds is 8. The van der Waals surface area contributed by atoms with Crippen LogP contribution in [0.15, 0.2) is 51.0 Å². The largest absolute Gasteiger partial charge is 0.506 e. The number of carbonyl (C=O) groups excluding carboxylic acids is 1. The predicted molar refractivity (Wildman–Crippen MR) is 248 cm³/mol. The summed E-state index contributed by atoms with van der Waals surface area (Å²) in [5.41, 5.74) is 2.88. The van der Waals surface area contributed by atoms with Crippen LogP contribution in [0.2, 0.25) is 0 Å². The minimum atomic E-state index is -1.95. The Morgan fingerprint density at radius 2 is 0.850 bits per heavy atom. The van der Waals surface area contributed by atoms with Crippen LogP contribution in [0.4, 0.5) is 0 Å². The van der Waals surface area contributed by atoms with Crippen LogP contribution < -0.4 is 5.63 Å². The Hall–Kier alpha value is -0.356. The third-order valence-corrected chi connectivity index (χ3v) is 26.4. The van der Waals surface area contributed by atoms with Gasteiger partial charge < -0.3 is 18.7 Å². The number of thiophene rings is 1. The molecule has 1 N–H and O–H groups in total. The van der Waals surface area contributed by atoms with Gasteiger partial charge in [0, 0.05) is 83.3 Å². The molecule has 3 aromatic rings. The van der Waals surface area contributed by atoms with Crippen LogP contribution in [0.1, 0.15) is 208 Å². The van der Waals surface area contributed by atoms with Crippen molar-refractivity contribution in [2.45, 2.75) is 227 Å². The van der Waals surface area contributed by atoms with Crippen LogP contribution in [0, 0.1) is 49.4 Å². The Labute approximate surface area is 406 Å². The number of ketones is 1. The van der Waals surface area contributed by atoms with E-state index in [1.807, 2.05) is 0 Å². The molecule has 2 heterocycles. The number of fused-ring (bicyclic) bond motifs is 1. The van der Waals surface area contributed by atoms with Gasteiger partial charge in [-0.2, -0.15) is 0 Å². The van der Waals surface area contributed by atoms with Crippen molar-refractivity contribution in [3.63, 3.8) is 0 Å². The van der Waals surface area contributed by atoms with Gasteiger partial charge in [0.2, 0.25) is 5.78 Å². The Bertz CT molecular complexity index is 1740. The third-order valence-electron chi connectivity index (χ3n) is 15.6. The Balaban J connectivity index is 0.000000150. The summed E-state index contributed by atoms with van der Waals surface area (Å²) in [5, 5.41) is 12.2. The zero-order chi connectivity index (χ0) is 41.1. The van der Waals surface area contributed by atoms with E-state index in [-0.39, 0.29) is 66.3 Å². The summed E-state index contributed by atoms with van der Waals surface area (Å²) in [6, 6.07) is 9.85. The minimum absolute atomic E-state index is 0. The maximum absolute atomic E-state index is 14.3. The van der Waals surface area contributed by atoms with Crippen LogP contribution in [-0.2, 0) is 9.13 Å². The fourth-order valence-corrected chi connectivity index (χ4v) is 23.8. The van der Waals surface area contributed by atoms with Crippen molar-refractivity contribution in [3.05, 3.63) is 62.6 Å². The Morgan fingerprint density at radius 3 is 1.17 bits per heavy atom. The molecule has 2 aromatic heterocycles. The van der Waals surface area contributed by atoms with E-state index in [1.165, 1.54) is 204 Å². The van der Waals surface area contributed by atoms with Crippen molar-refractivity contribution >= 4 is 42.4 Å². The summed E-state index contributed by atoms with van der Waals surface area (Å²) < 4.78 is 33.6. The van der Waals surface area contributed by atoms with Crippen molar-refractivity contribution in [2.75, 3.05) is 0 Å². The molecular weight excluding hydrogens is 943 g/mol. The quantitative estimate of drug-likeness (QED) is 0.137. The maximum atomic E-state index is 14.3. The van der Waals surface area contributed by atoms with E-state index in [4.69, 9.17) is 4.42 Å². The summed E-state index contributed by atoms with van der Waals surface area (Å²) in [4.78, 5) is 24.4. The first-order chi connectivity index (χ1) is 28.8. The molecule has 6 fully saturated rings. The van der Waals surface area contributed by atoms with Crippen LogP contribution in [0.5, 0.6) is 5.75 Å². The second kappa shape index (κ2) is 24.2. The van der Waals surface area contributed by atoms with Crippen molar-refractivity contribution in [2.24, 2.45) is 0 Å². The standard InChI is InChI=1S/2C18H33OP.C14H8O4S.Eu/c2*19-20(16-10-4-1-5-11-16,17-12-6-2-7-13-17)18-14-8-3-9-15-18;15-12-8-4-1-2-5-9(8)18-14(17)11(12)13(16)10-6-3-7-19-10;/h2*16-18H,1-15H2;1-7,15H;. The van der Waals surface area contributed by atoms with E-state index in [0.717, 1.165) is 0 Å². The first-order valence-electron chi connectivity index (χ1n) is 24.3. The smallest absolute Gasteiger partial charge is 0.351 e. The number of hydrogen-bond donors (Lipinski definition) is 1. The molecule has 10 heteroatoms. The molecule has 0 unspecified atom stereocenters. The number of para-hydroxylation sites is 1. The summed E-state index contributed by atoms with van der Waals surface area (Å²) in [6.45, 7) is 0. The molecular formula is C50H74EuO6P2S. The zero-order valence-electron chi connectivity index (χ0n) is 36.4. The van der Waals surface area contributed by atoms with Crippen LogP contribution in [-0.4, -0.2) is 44.8 Å². The van der Waals surface area contributed by atoms with Gasteiger partial charge in [0.15, 0.2) is 5.56 Å². The minimum Gasteiger partial charge on any atom is -0.506 e. The van der Waals surface area contributed by atoms with Crippen LogP contribution in [0.25, 0.3) is 11.0 Å². The third kappa shape index (κ3) is 11.7. The topological polar surface area (TPSA) is 102 Å².